The highest BCUT2D eigenvalue weighted by atomic mass is 16.5. The van der Waals surface area contributed by atoms with E-state index in [9.17, 15) is 0 Å². The number of methoxy groups -OCH3 is 1. The molecule has 1 atom stereocenters. The lowest BCUT2D eigenvalue weighted by Gasteiger charge is -2.38. The summed E-state index contributed by atoms with van der Waals surface area (Å²) in [7, 11) is 3.89. The van der Waals surface area contributed by atoms with Gasteiger partial charge in [-0.05, 0) is 32.4 Å². The molecule has 23 heavy (non-hydrogen) atoms. The van der Waals surface area contributed by atoms with E-state index < -0.39 is 0 Å². The Labute approximate surface area is 139 Å². The first kappa shape index (κ1) is 16.6. The number of nitrogens with two attached hydrogens (primary N) is 1. The Morgan fingerprint density at radius 2 is 2.04 bits per heavy atom. The van der Waals surface area contributed by atoms with Gasteiger partial charge in [0.15, 0.2) is 11.5 Å². The van der Waals surface area contributed by atoms with Gasteiger partial charge in [-0.3, -0.25) is 0 Å². The molecule has 0 aromatic heterocycles. The summed E-state index contributed by atoms with van der Waals surface area (Å²) in [5.41, 5.74) is 7.52. The largest absolute Gasteiger partial charge is 0.493 e. The van der Waals surface area contributed by atoms with Crippen molar-refractivity contribution in [3.63, 3.8) is 0 Å². The second kappa shape index (κ2) is 7.10. The number of nitrogens with zero attached hydrogens (tertiary/aromatic N) is 1. The van der Waals surface area contributed by atoms with Gasteiger partial charge >= 0.3 is 0 Å². The minimum absolute atomic E-state index is 0.0510. The van der Waals surface area contributed by atoms with Crippen molar-refractivity contribution in [2.24, 2.45) is 5.73 Å². The van der Waals surface area contributed by atoms with Crippen LogP contribution in [0, 0.1) is 0 Å². The van der Waals surface area contributed by atoms with Crippen LogP contribution in [0.25, 0.3) is 0 Å². The Hall–Kier alpha value is -1.26. The van der Waals surface area contributed by atoms with Crippen LogP contribution in [0.3, 0.4) is 0 Å². The molecule has 1 saturated carbocycles. The van der Waals surface area contributed by atoms with E-state index in [1.807, 2.05) is 6.07 Å². The van der Waals surface area contributed by atoms with Gasteiger partial charge in [-0.1, -0.05) is 31.4 Å². The first-order chi connectivity index (χ1) is 11.2. The fourth-order valence-corrected chi connectivity index (χ4v) is 4.22. The summed E-state index contributed by atoms with van der Waals surface area (Å²) in [5.74, 6) is 1.78. The third-order valence-corrected chi connectivity index (χ3v) is 5.60. The minimum atomic E-state index is 0.0510. The number of para-hydroxylation sites is 1. The zero-order valence-corrected chi connectivity index (χ0v) is 14.5. The third kappa shape index (κ3) is 3.33. The molecule has 1 aliphatic carbocycles. The number of hydrogen-bond donors (Lipinski definition) is 1. The second-order valence-corrected chi connectivity index (χ2v) is 7.17. The number of likely N-dealkylation sites (tertiary alicyclic amines) is 1. The molecule has 1 unspecified atom stereocenters. The topological polar surface area (TPSA) is 47.7 Å². The van der Waals surface area contributed by atoms with Gasteiger partial charge in [-0.15, -0.1) is 0 Å². The summed E-state index contributed by atoms with van der Waals surface area (Å²) in [6.07, 6.45) is 7.44. The summed E-state index contributed by atoms with van der Waals surface area (Å²) < 4.78 is 12.1. The van der Waals surface area contributed by atoms with E-state index in [1.54, 1.807) is 7.11 Å². The van der Waals surface area contributed by atoms with Crippen LogP contribution in [-0.2, 0) is 5.41 Å². The van der Waals surface area contributed by atoms with Crippen molar-refractivity contribution in [1.29, 1.82) is 0 Å². The van der Waals surface area contributed by atoms with Gasteiger partial charge < -0.3 is 20.1 Å². The van der Waals surface area contributed by atoms with Crippen molar-refractivity contribution in [2.45, 2.75) is 50.0 Å². The number of rotatable bonds is 5. The molecule has 128 valence electrons. The van der Waals surface area contributed by atoms with Crippen molar-refractivity contribution in [3.05, 3.63) is 23.8 Å². The number of benzene rings is 1. The maximum atomic E-state index is 6.28. The van der Waals surface area contributed by atoms with Crippen molar-refractivity contribution < 1.29 is 9.47 Å². The summed E-state index contributed by atoms with van der Waals surface area (Å²) in [6, 6.07) is 6.32. The van der Waals surface area contributed by atoms with Gasteiger partial charge in [0.1, 0.15) is 6.10 Å². The maximum Gasteiger partial charge on any atom is 0.164 e. The SMILES string of the molecule is COc1c(OC2CCN(C)C2)cccc1C1(CN)CCCCC1. The number of likely N-dealkylation sites (N-methyl/N-ethyl adjacent to an activating group) is 1. The summed E-state index contributed by atoms with van der Waals surface area (Å²) >= 11 is 0. The monoisotopic (exact) mass is 318 g/mol. The third-order valence-electron chi connectivity index (χ3n) is 5.60. The average Bonchev–Trinajstić information content (AvgIpc) is 3.00. The Bertz CT molecular complexity index is 526. The molecule has 4 heteroatoms. The zero-order valence-electron chi connectivity index (χ0n) is 14.5. The fourth-order valence-electron chi connectivity index (χ4n) is 4.22. The number of hydrogen-bond acceptors (Lipinski definition) is 4. The standard InChI is InChI=1S/C19H30N2O2/c1-21-12-9-15(13-21)23-17-8-6-7-16(18(17)22-2)19(14-20)10-4-3-5-11-19/h6-8,15H,3-5,9-14,20H2,1-2H3. The van der Waals surface area contributed by atoms with Gasteiger partial charge in [0.05, 0.1) is 7.11 Å². The Morgan fingerprint density at radius 3 is 2.65 bits per heavy atom. The Balaban J connectivity index is 1.90. The fraction of sp³-hybridized carbons (Fsp3) is 0.684. The smallest absolute Gasteiger partial charge is 0.164 e. The van der Waals surface area contributed by atoms with Crippen LogP contribution < -0.4 is 15.2 Å². The van der Waals surface area contributed by atoms with Crippen LogP contribution in [-0.4, -0.2) is 44.8 Å². The molecule has 0 bridgehead atoms. The van der Waals surface area contributed by atoms with Gasteiger partial charge in [0.25, 0.3) is 0 Å². The first-order valence-electron chi connectivity index (χ1n) is 8.91. The van der Waals surface area contributed by atoms with E-state index in [2.05, 4.69) is 24.1 Å². The molecule has 2 N–H and O–H groups in total. The Kier molecular flexibility index (Phi) is 5.12. The highest BCUT2D eigenvalue weighted by Gasteiger charge is 2.36. The van der Waals surface area contributed by atoms with Crippen LogP contribution >= 0.6 is 0 Å². The van der Waals surface area contributed by atoms with E-state index in [-0.39, 0.29) is 11.5 Å². The molecule has 1 aromatic carbocycles. The lowest BCUT2D eigenvalue weighted by Crippen LogP contribution is -2.37. The number of ether oxygens (including phenoxy) is 2. The van der Waals surface area contributed by atoms with Crippen molar-refractivity contribution in [1.82, 2.24) is 4.90 Å². The van der Waals surface area contributed by atoms with Crippen LogP contribution in [0.5, 0.6) is 11.5 Å². The molecule has 1 aromatic rings. The van der Waals surface area contributed by atoms with Gasteiger partial charge in [-0.2, -0.15) is 0 Å². The maximum absolute atomic E-state index is 6.28. The second-order valence-electron chi connectivity index (χ2n) is 7.17. The van der Waals surface area contributed by atoms with E-state index in [4.69, 9.17) is 15.2 Å². The van der Waals surface area contributed by atoms with E-state index in [0.29, 0.717) is 6.54 Å². The van der Waals surface area contributed by atoms with Crippen LogP contribution in [0.2, 0.25) is 0 Å². The molecular weight excluding hydrogens is 288 g/mol. The Morgan fingerprint density at radius 1 is 1.26 bits per heavy atom. The lowest BCUT2D eigenvalue weighted by atomic mass is 9.69. The van der Waals surface area contributed by atoms with E-state index in [0.717, 1.165) is 43.9 Å². The molecular formula is C19H30N2O2. The normalized spacial score (nSPS) is 24.6. The molecule has 0 spiro atoms. The van der Waals surface area contributed by atoms with Gasteiger partial charge in [-0.25, -0.2) is 0 Å². The quantitative estimate of drug-likeness (QED) is 0.907. The minimum Gasteiger partial charge on any atom is -0.493 e. The molecule has 1 aliphatic heterocycles. The zero-order chi connectivity index (χ0) is 16.3. The predicted molar refractivity (Wildman–Crippen MR) is 93.3 cm³/mol. The van der Waals surface area contributed by atoms with Gasteiger partial charge in [0.2, 0.25) is 0 Å². The average molecular weight is 318 g/mol. The lowest BCUT2D eigenvalue weighted by molar-refractivity contribution is 0.196. The predicted octanol–water partition coefficient (Wildman–Crippen LogP) is 2.94. The molecule has 2 fully saturated rings. The summed E-state index contributed by atoms with van der Waals surface area (Å²) in [5, 5.41) is 0. The van der Waals surface area contributed by atoms with Crippen molar-refractivity contribution in [2.75, 3.05) is 33.8 Å². The van der Waals surface area contributed by atoms with E-state index >= 15 is 0 Å². The molecule has 0 amide bonds. The van der Waals surface area contributed by atoms with Crippen LogP contribution in [0.4, 0.5) is 0 Å². The van der Waals surface area contributed by atoms with Gasteiger partial charge in [0, 0.05) is 30.6 Å². The molecule has 4 nitrogen and oxygen atoms in total. The highest BCUT2D eigenvalue weighted by Crippen LogP contribution is 2.46. The molecule has 3 rings (SSSR count). The van der Waals surface area contributed by atoms with Crippen LogP contribution in [0.1, 0.15) is 44.1 Å². The molecule has 0 radical (unpaired) electrons. The molecule has 2 aliphatic rings. The first-order valence-corrected chi connectivity index (χ1v) is 8.91. The summed E-state index contributed by atoms with van der Waals surface area (Å²) in [6.45, 7) is 2.76. The van der Waals surface area contributed by atoms with Crippen LogP contribution in [0.15, 0.2) is 18.2 Å². The van der Waals surface area contributed by atoms with Crippen molar-refractivity contribution >= 4 is 0 Å². The summed E-state index contributed by atoms with van der Waals surface area (Å²) in [4.78, 5) is 2.31. The molecule has 1 saturated heterocycles. The molecule has 1 heterocycles. The van der Waals surface area contributed by atoms with E-state index in [1.165, 1.54) is 24.8 Å². The highest BCUT2D eigenvalue weighted by molar-refractivity contribution is 5.50. The van der Waals surface area contributed by atoms with Crippen molar-refractivity contribution in [3.8, 4) is 11.5 Å².